The van der Waals surface area contributed by atoms with Crippen molar-refractivity contribution in [3.63, 3.8) is 0 Å². The predicted molar refractivity (Wildman–Crippen MR) is 89.1 cm³/mol. The van der Waals surface area contributed by atoms with Gasteiger partial charge in [-0.3, -0.25) is 4.90 Å². The average Bonchev–Trinajstić information content (AvgIpc) is 2.47. The molecule has 114 valence electrons. The van der Waals surface area contributed by atoms with Crippen LogP contribution in [0.5, 0.6) is 0 Å². The number of rotatable bonds is 9. The maximum absolute atomic E-state index is 6.11. The van der Waals surface area contributed by atoms with Gasteiger partial charge in [-0.2, -0.15) is 0 Å². The van der Waals surface area contributed by atoms with Crippen LogP contribution in [0.3, 0.4) is 0 Å². The average molecular weight is 276 g/mol. The maximum atomic E-state index is 6.11. The Bertz CT molecular complexity index is 348. The molecule has 2 N–H and O–H groups in total. The molecular weight excluding hydrogens is 244 g/mol. The second-order valence-corrected chi connectivity index (χ2v) is 6.04. The van der Waals surface area contributed by atoms with E-state index < -0.39 is 0 Å². The van der Waals surface area contributed by atoms with Crippen LogP contribution >= 0.6 is 0 Å². The first-order valence-electron chi connectivity index (χ1n) is 8.12. The Balaban J connectivity index is 2.78. The lowest BCUT2D eigenvalue weighted by Gasteiger charge is -2.38. The summed E-state index contributed by atoms with van der Waals surface area (Å²) in [5, 5.41) is 0. The van der Waals surface area contributed by atoms with E-state index in [-0.39, 0.29) is 0 Å². The van der Waals surface area contributed by atoms with E-state index in [4.69, 9.17) is 5.73 Å². The quantitative estimate of drug-likeness (QED) is 0.690. The molecule has 0 aliphatic heterocycles. The highest BCUT2D eigenvalue weighted by Crippen LogP contribution is 2.24. The van der Waals surface area contributed by atoms with Crippen molar-refractivity contribution in [2.24, 2.45) is 5.73 Å². The highest BCUT2D eigenvalue weighted by molar-refractivity contribution is 5.20. The molecule has 0 spiro atoms. The molecule has 0 saturated carbocycles. The number of hydrogen-bond donors (Lipinski definition) is 1. The van der Waals surface area contributed by atoms with Gasteiger partial charge in [-0.1, -0.05) is 57.0 Å². The van der Waals surface area contributed by atoms with E-state index in [1.165, 1.54) is 24.8 Å². The normalized spacial score (nSPS) is 14.8. The van der Waals surface area contributed by atoms with Gasteiger partial charge in [0.15, 0.2) is 0 Å². The molecule has 0 bridgehead atoms. The Labute approximate surface area is 125 Å². The van der Waals surface area contributed by atoms with Crippen molar-refractivity contribution in [3.8, 4) is 0 Å². The van der Waals surface area contributed by atoms with Gasteiger partial charge in [-0.25, -0.2) is 0 Å². The van der Waals surface area contributed by atoms with Crippen molar-refractivity contribution in [2.45, 2.75) is 65.0 Å². The highest BCUT2D eigenvalue weighted by Gasteiger charge is 2.25. The molecule has 0 aliphatic carbocycles. The number of hydrogen-bond acceptors (Lipinski definition) is 2. The lowest BCUT2D eigenvalue weighted by Crippen LogP contribution is -2.48. The number of nitrogens with zero attached hydrogens (tertiary/aromatic N) is 1. The van der Waals surface area contributed by atoms with E-state index in [9.17, 15) is 0 Å². The molecule has 20 heavy (non-hydrogen) atoms. The van der Waals surface area contributed by atoms with E-state index in [0.717, 1.165) is 13.1 Å². The van der Waals surface area contributed by atoms with Gasteiger partial charge in [0, 0.05) is 18.6 Å². The lowest BCUT2D eigenvalue weighted by molar-refractivity contribution is 0.136. The second kappa shape index (κ2) is 9.15. The molecule has 1 rings (SSSR count). The first kappa shape index (κ1) is 17.2. The van der Waals surface area contributed by atoms with Crippen LogP contribution in [0, 0.1) is 0 Å². The number of unbranched alkanes of at least 4 members (excludes halogenated alkanes) is 2. The van der Waals surface area contributed by atoms with Crippen molar-refractivity contribution in [1.82, 2.24) is 4.90 Å². The largest absolute Gasteiger partial charge is 0.329 e. The first-order chi connectivity index (χ1) is 9.61. The molecule has 0 aliphatic rings. The zero-order chi connectivity index (χ0) is 15.0. The molecule has 2 nitrogen and oxygen atoms in total. The number of nitrogens with two attached hydrogens (primary N) is 1. The van der Waals surface area contributed by atoms with Crippen LogP contribution in [0.25, 0.3) is 0 Å². The van der Waals surface area contributed by atoms with E-state index in [1.807, 2.05) is 0 Å². The maximum Gasteiger partial charge on any atom is 0.0287 e. The molecule has 1 aromatic rings. The van der Waals surface area contributed by atoms with Gasteiger partial charge in [0.1, 0.15) is 0 Å². The molecule has 0 aromatic heterocycles. The zero-order valence-electron chi connectivity index (χ0n) is 13.7. The summed E-state index contributed by atoms with van der Waals surface area (Å²) in [7, 11) is 0. The minimum absolute atomic E-state index is 0.425. The standard InChI is InChI=1S/C18H32N2/c1-5-6-10-13-20(15(2)3)18(14-19)16(4)17-11-8-7-9-12-17/h7-9,11-12,15-16,18H,5-6,10,13-14,19H2,1-4H3. The van der Waals surface area contributed by atoms with Gasteiger partial charge in [0.05, 0.1) is 0 Å². The minimum Gasteiger partial charge on any atom is -0.329 e. The van der Waals surface area contributed by atoms with Gasteiger partial charge >= 0.3 is 0 Å². The van der Waals surface area contributed by atoms with Crippen LogP contribution in [0.1, 0.15) is 58.4 Å². The Kier molecular flexibility index (Phi) is 7.86. The fraction of sp³-hybridized carbons (Fsp3) is 0.667. The summed E-state index contributed by atoms with van der Waals surface area (Å²) in [5.41, 5.74) is 7.50. The van der Waals surface area contributed by atoms with E-state index >= 15 is 0 Å². The second-order valence-electron chi connectivity index (χ2n) is 6.04. The molecule has 2 unspecified atom stereocenters. The van der Waals surface area contributed by atoms with Crippen molar-refractivity contribution in [3.05, 3.63) is 35.9 Å². The molecule has 0 saturated heterocycles. The third-order valence-electron chi connectivity index (χ3n) is 4.25. The van der Waals surface area contributed by atoms with Gasteiger partial charge in [0.25, 0.3) is 0 Å². The van der Waals surface area contributed by atoms with Gasteiger partial charge < -0.3 is 5.73 Å². The van der Waals surface area contributed by atoms with Gasteiger partial charge in [-0.15, -0.1) is 0 Å². The molecule has 0 fully saturated rings. The first-order valence-corrected chi connectivity index (χ1v) is 8.12. The van der Waals surface area contributed by atoms with E-state index in [1.54, 1.807) is 0 Å². The topological polar surface area (TPSA) is 29.3 Å². The fourth-order valence-electron chi connectivity index (χ4n) is 2.96. The summed E-state index contributed by atoms with van der Waals surface area (Å²) in [4.78, 5) is 2.59. The third-order valence-corrected chi connectivity index (χ3v) is 4.25. The SMILES string of the molecule is CCCCCN(C(C)C)C(CN)C(C)c1ccccc1. The Morgan fingerprint density at radius 2 is 1.70 bits per heavy atom. The Morgan fingerprint density at radius 1 is 1.05 bits per heavy atom. The van der Waals surface area contributed by atoms with E-state index in [0.29, 0.717) is 18.0 Å². The summed E-state index contributed by atoms with van der Waals surface area (Å²) in [6.07, 6.45) is 3.85. The molecule has 1 aromatic carbocycles. The highest BCUT2D eigenvalue weighted by atomic mass is 15.2. The third kappa shape index (κ3) is 4.92. The molecule has 2 atom stereocenters. The fourth-order valence-corrected chi connectivity index (χ4v) is 2.96. The molecular formula is C18H32N2. The number of benzene rings is 1. The molecule has 0 amide bonds. The summed E-state index contributed by atoms with van der Waals surface area (Å²) in [6.45, 7) is 11.0. The van der Waals surface area contributed by atoms with Crippen LogP contribution in [0.2, 0.25) is 0 Å². The molecule has 0 radical (unpaired) electrons. The van der Waals surface area contributed by atoms with Crippen molar-refractivity contribution in [2.75, 3.05) is 13.1 Å². The molecule has 0 heterocycles. The van der Waals surface area contributed by atoms with Crippen LogP contribution in [-0.4, -0.2) is 30.1 Å². The monoisotopic (exact) mass is 276 g/mol. The van der Waals surface area contributed by atoms with E-state index in [2.05, 4.69) is 62.9 Å². The smallest absolute Gasteiger partial charge is 0.0287 e. The van der Waals surface area contributed by atoms with Crippen molar-refractivity contribution < 1.29 is 0 Å². The Morgan fingerprint density at radius 3 is 2.20 bits per heavy atom. The van der Waals surface area contributed by atoms with Crippen molar-refractivity contribution in [1.29, 1.82) is 0 Å². The molecule has 2 heteroatoms. The van der Waals surface area contributed by atoms with Crippen LogP contribution in [-0.2, 0) is 0 Å². The van der Waals surface area contributed by atoms with Crippen LogP contribution in [0.15, 0.2) is 30.3 Å². The zero-order valence-corrected chi connectivity index (χ0v) is 13.7. The van der Waals surface area contributed by atoms with Crippen LogP contribution < -0.4 is 5.73 Å². The lowest BCUT2D eigenvalue weighted by atomic mass is 9.91. The summed E-state index contributed by atoms with van der Waals surface area (Å²) in [5.74, 6) is 0.477. The summed E-state index contributed by atoms with van der Waals surface area (Å²) < 4.78 is 0. The Hall–Kier alpha value is -0.860. The minimum atomic E-state index is 0.425. The van der Waals surface area contributed by atoms with Gasteiger partial charge in [-0.05, 0) is 38.3 Å². The van der Waals surface area contributed by atoms with Crippen LogP contribution in [0.4, 0.5) is 0 Å². The predicted octanol–water partition coefficient (Wildman–Crippen LogP) is 4.02. The summed E-state index contributed by atoms with van der Waals surface area (Å²) >= 11 is 0. The van der Waals surface area contributed by atoms with Gasteiger partial charge in [0.2, 0.25) is 0 Å². The summed E-state index contributed by atoms with van der Waals surface area (Å²) in [6, 6.07) is 11.7. The van der Waals surface area contributed by atoms with Crippen molar-refractivity contribution >= 4 is 0 Å².